The minimum absolute atomic E-state index is 0.250. The van der Waals surface area contributed by atoms with Gasteiger partial charge in [-0.15, -0.1) is 6.42 Å². The third-order valence-electron chi connectivity index (χ3n) is 1.75. The van der Waals surface area contributed by atoms with Crippen molar-refractivity contribution >= 4 is 12.2 Å². The molecular formula is C11H13FN2O2. The molecule has 0 aromatic heterocycles. The van der Waals surface area contributed by atoms with Gasteiger partial charge in [-0.05, 0) is 12.2 Å². The van der Waals surface area contributed by atoms with E-state index >= 15 is 0 Å². The lowest BCUT2D eigenvalue weighted by Gasteiger charge is -2.12. The lowest BCUT2D eigenvalue weighted by molar-refractivity contribution is -0.122. The number of allylic oxidation sites excluding steroid dienone is 4. The number of nitrogens with one attached hydrogen (secondary N) is 1. The van der Waals surface area contributed by atoms with Crippen molar-refractivity contribution in [2.75, 3.05) is 13.6 Å². The molecule has 0 bridgehead atoms. The molecule has 1 rings (SSSR count). The molecule has 0 aliphatic heterocycles. The Balaban J connectivity index is 0.000000673. The average Bonchev–Trinajstić information content (AvgIpc) is 2.29. The highest BCUT2D eigenvalue weighted by molar-refractivity contribution is 6.00. The van der Waals surface area contributed by atoms with E-state index in [-0.39, 0.29) is 12.3 Å². The van der Waals surface area contributed by atoms with E-state index in [9.17, 15) is 4.39 Å². The van der Waals surface area contributed by atoms with Gasteiger partial charge >= 0.3 is 0 Å². The molecule has 0 atom stereocenters. The van der Waals surface area contributed by atoms with Gasteiger partial charge in [-0.25, -0.2) is 4.39 Å². The number of carbonyl (C=O) groups is 1. The number of hydrogen-bond donors (Lipinski definition) is 2. The fourth-order valence-electron chi connectivity index (χ4n) is 1.07. The Morgan fingerprint density at radius 1 is 1.75 bits per heavy atom. The van der Waals surface area contributed by atoms with E-state index in [4.69, 9.17) is 16.3 Å². The highest BCUT2D eigenvalue weighted by atomic mass is 19.1. The minimum atomic E-state index is -0.270. The minimum Gasteiger partial charge on any atom is -0.483 e. The topological polar surface area (TPSA) is 61.7 Å². The molecular weight excluding hydrogens is 211 g/mol. The van der Waals surface area contributed by atoms with Gasteiger partial charge in [0.1, 0.15) is 5.83 Å². The summed E-state index contributed by atoms with van der Waals surface area (Å²) in [5.41, 5.74) is 1.36. The Morgan fingerprint density at radius 3 is 2.88 bits per heavy atom. The number of terminal acetylenes is 1. The zero-order chi connectivity index (χ0) is 12.4. The van der Waals surface area contributed by atoms with Gasteiger partial charge in [0, 0.05) is 19.2 Å². The molecule has 0 saturated carbocycles. The summed E-state index contributed by atoms with van der Waals surface area (Å²) in [6, 6.07) is 0. The number of halogens is 1. The molecule has 1 aliphatic carbocycles. The van der Waals surface area contributed by atoms with E-state index in [0.29, 0.717) is 18.7 Å². The normalized spacial score (nSPS) is 16.2. The van der Waals surface area contributed by atoms with Crippen LogP contribution in [0.5, 0.6) is 0 Å². The fourth-order valence-corrected chi connectivity index (χ4v) is 1.07. The van der Waals surface area contributed by atoms with E-state index in [2.05, 4.69) is 16.2 Å². The molecule has 0 spiro atoms. The van der Waals surface area contributed by atoms with Crippen molar-refractivity contribution in [1.82, 2.24) is 5.32 Å². The predicted molar refractivity (Wildman–Crippen MR) is 60.8 cm³/mol. The summed E-state index contributed by atoms with van der Waals surface area (Å²) in [4.78, 5) is 12.2. The monoisotopic (exact) mass is 224 g/mol. The van der Waals surface area contributed by atoms with Crippen LogP contribution in [-0.4, -0.2) is 30.9 Å². The Hall–Kier alpha value is -2.09. The second kappa shape index (κ2) is 8.24. The van der Waals surface area contributed by atoms with Gasteiger partial charge in [-0.1, -0.05) is 5.92 Å². The van der Waals surface area contributed by atoms with Crippen LogP contribution in [0, 0.1) is 12.3 Å². The molecule has 0 radical (unpaired) electrons. The van der Waals surface area contributed by atoms with E-state index in [0.717, 1.165) is 5.70 Å². The summed E-state index contributed by atoms with van der Waals surface area (Å²) in [5, 5.41) is 9.88. The van der Waals surface area contributed by atoms with Crippen molar-refractivity contribution in [3.05, 3.63) is 23.7 Å². The van der Waals surface area contributed by atoms with E-state index < -0.39 is 0 Å². The third-order valence-corrected chi connectivity index (χ3v) is 1.75. The summed E-state index contributed by atoms with van der Waals surface area (Å²) >= 11 is 0. The van der Waals surface area contributed by atoms with Gasteiger partial charge in [0.15, 0.2) is 0 Å². The molecule has 0 heterocycles. The Bertz CT molecular complexity index is 365. The largest absolute Gasteiger partial charge is 0.483 e. The second-order valence-electron chi connectivity index (χ2n) is 2.72. The summed E-state index contributed by atoms with van der Waals surface area (Å²) in [6.45, 7) is 0.207. The van der Waals surface area contributed by atoms with Crippen LogP contribution < -0.4 is 5.32 Å². The first-order valence-electron chi connectivity index (χ1n) is 4.47. The number of carboxylic acid groups (broad SMARTS) is 1. The number of nitrogens with zero attached hydrogens (tertiary/aromatic N) is 1. The van der Waals surface area contributed by atoms with E-state index in [1.165, 1.54) is 6.08 Å². The zero-order valence-electron chi connectivity index (χ0n) is 8.90. The van der Waals surface area contributed by atoms with Crippen LogP contribution in [0.25, 0.3) is 0 Å². The van der Waals surface area contributed by atoms with Crippen LogP contribution in [-0.2, 0) is 4.79 Å². The van der Waals surface area contributed by atoms with Crippen molar-refractivity contribution in [2.45, 2.75) is 6.42 Å². The van der Waals surface area contributed by atoms with E-state index in [1.807, 2.05) is 0 Å². The van der Waals surface area contributed by atoms with Crippen LogP contribution in [0.2, 0.25) is 0 Å². The SMILES string of the molecule is C#CCNC1=CC=C(F)C(=NC)C1.O=CO. The van der Waals surface area contributed by atoms with Crippen LogP contribution >= 0.6 is 0 Å². The summed E-state index contributed by atoms with van der Waals surface area (Å²) in [7, 11) is 1.58. The van der Waals surface area contributed by atoms with Gasteiger partial charge in [-0.2, -0.15) is 0 Å². The van der Waals surface area contributed by atoms with Crippen LogP contribution in [0.4, 0.5) is 4.39 Å². The first-order valence-corrected chi connectivity index (χ1v) is 4.47. The first-order chi connectivity index (χ1) is 7.69. The van der Waals surface area contributed by atoms with Crippen LogP contribution in [0.1, 0.15) is 6.42 Å². The van der Waals surface area contributed by atoms with Crippen molar-refractivity contribution in [3.8, 4) is 12.3 Å². The third kappa shape index (κ3) is 4.96. The fraction of sp³-hybridized carbons (Fsp3) is 0.273. The van der Waals surface area contributed by atoms with Crippen LogP contribution in [0.15, 0.2) is 28.7 Å². The molecule has 0 aromatic rings. The molecule has 5 heteroatoms. The standard InChI is InChI=1S/C10H11FN2.CH2O2/c1-3-6-13-8-4-5-9(11)10(7-8)12-2;2-1-3/h1,4-5,13H,6-7H2,2H3;1H,(H,2,3). The zero-order valence-corrected chi connectivity index (χ0v) is 8.90. The Morgan fingerprint density at radius 2 is 2.38 bits per heavy atom. The molecule has 0 unspecified atom stereocenters. The van der Waals surface area contributed by atoms with Crippen molar-refractivity contribution in [3.63, 3.8) is 0 Å². The summed E-state index contributed by atoms with van der Waals surface area (Å²) in [6.07, 6.45) is 8.64. The highest BCUT2D eigenvalue weighted by Crippen LogP contribution is 2.14. The lowest BCUT2D eigenvalue weighted by atomic mass is 10.1. The summed E-state index contributed by atoms with van der Waals surface area (Å²) in [5.74, 6) is 2.18. The molecule has 4 nitrogen and oxygen atoms in total. The number of rotatable bonds is 2. The summed E-state index contributed by atoms with van der Waals surface area (Å²) < 4.78 is 13.0. The second-order valence-corrected chi connectivity index (χ2v) is 2.72. The van der Waals surface area contributed by atoms with Crippen molar-refractivity contribution < 1.29 is 14.3 Å². The van der Waals surface area contributed by atoms with E-state index in [1.54, 1.807) is 13.1 Å². The Labute approximate surface area is 93.6 Å². The maximum absolute atomic E-state index is 13.0. The lowest BCUT2D eigenvalue weighted by Crippen LogP contribution is -2.18. The molecule has 2 N–H and O–H groups in total. The van der Waals surface area contributed by atoms with Gasteiger partial charge in [-0.3, -0.25) is 9.79 Å². The van der Waals surface area contributed by atoms with Crippen molar-refractivity contribution in [1.29, 1.82) is 0 Å². The highest BCUT2D eigenvalue weighted by Gasteiger charge is 2.11. The molecule has 0 amide bonds. The molecule has 86 valence electrons. The van der Waals surface area contributed by atoms with Gasteiger partial charge < -0.3 is 10.4 Å². The molecule has 16 heavy (non-hydrogen) atoms. The quantitative estimate of drug-likeness (QED) is 0.546. The smallest absolute Gasteiger partial charge is 0.290 e. The van der Waals surface area contributed by atoms with Gasteiger partial charge in [0.2, 0.25) is 0 Å². The maximum Gasteiger partial charge on any atom is 0.290 e. The maximum atomic E-state index is 13.0. The van der Waals surface area contributed by atoms with Gasteiger partial charge in [0.05, 0.1) is 12.3 Å². The predicted octanol–water partition coefficient (Wildman–Crippen LogP) is 1.12. The molecule has 0 fully saturated rings. The first kappa shape index (κ1) is 13.9. The number of aliphatic imine (C=N–C) groups is 1. The molecule has 1 aliphatic rings. The average molecular weight is 224 g/mol. The van der Waals surface area contributed by atoms with Gasteiger partial charge in [0.25, 0.3) is 6.47 Å². The van der Waals surface area contributed by atoms with Crippen LogP contribution in [0.3, 0.4) is 0 Å². The molecule has 0 saturated heterocycles. The molecule has 0 aromatic carbocycles. The Kier molecular flexibility index (Phi) is 7.16. The van der Waals surface area contributed by atoms with Crippen molar-refractivity contribution in [2.24, 2.45) is 4.99 Å². The number of hydrogen-bond acceptors (Lipinski definition) is 3.